The van der Waals surface area contributed by atoms with Crippen LogP contribution in [0.25, 0.3) is 0 Å². The largest absolute Gasteiger partial charge is 0.379 e. The number of hydrogen-bond donors (Lipinski definition) is 0. The molecular weight excluding hydrogens is 340 g/mol. The summed E-state index contributed by atoms with van der Waals surface area (Å²) >= 11 is 1.61. The molecule has 0 atom stereocenters. The van der Waals surface area contributed by atoms with Gasteiger partial charge in [-0.05, 0) is 55.5 Å². The van der Waals surface area contributed by atoms with Crippen LogP contribution in [0.1, 0.15) is 5.56 Å². The number of aryl methyl sites for hydroxylation is 1. The molecule has 0 aliphatic heterocycles. The summed E-state index contributed by atoms with van der Waals surface area (Å²) in [6.45, 7) is 1.90. The third-order valence-corrected chi connectivity index (χ3v) is 5.60. The van der Waals surface area contributed by atoms with Crippen molar-refractivity contribution in [2.24, 2.45) is 0 Å². The minimum atomic E-state index is -3.81. The van der Waals surface area contributed by atoms with Crippen molar-refractivity contribution in [3.63, 3.8) is 0 Å². The molecule has 0 aliphatic carbocycles. The van der Waals surface area contributed by atoms with Gasteiger partial charge in [-0.3, -0.25) is 0 Å². The van der Waals surface area contributed by atoms with Gasteiger partial charge in [0.05, 0.1) is 0 Å². The molecule has 0 heterocycles. The van der Waals surface area contributed by atoms with Crippen LogP contribution in [0.3, 0.4) is 0 Å². The topological polar surface area (TPSA) is 43.4 Å². The lowest BCUT2D eigenvalue weighted by Gasteiger charge is -2.08. The Morgan fingerprint density at radius 2 is 1.33 bits per heavy atom. The fraction of sp³-hybridized carbons (Fsp3) is 0.0526. The van der Waals surface area contributed by atoms with Crippen LogP contribution < -0.4 is 4.18 Å². The van der Waals surface area contributed by atoms with Crippen LogP contribution in [0.5, 0.6) is 5.75 Å². The minimum absolute atomic E-state index is 0.149. The molecule has 3 nitrogen and oxygen atoms in total. The summed E-state index contributed by atoms with van der Waals surface area (Å²) in [7, 11) is -3.81. The predicted molar refractivity (Wildman–Crippen MR) is 96.0 cm³/mol. The molecule has 122 valence electrons. The van der Waals surface area contributed by atoms with E-state index in [-0.39, 0.29) is 4.90 Å². The second-order valence-corrected chi connectivity index (χ2v) is 7.93. The quantitative estimate of drug-likeness (QED) is 0.609. The van der Waals surface area contributed by atoms with Gasteiger partial charge in [0.2, 0.25) is 0 Å². The highest BCUT2D eigenvalue weighted by Crippen LogP contribution is 2.29. The van der Waals surface area contributed by atoms with Crippen LogP contribution in [0.15, 0.2) is 93.5 Å². The first-order valence-electron chi connectivity index (χ1n) is 7.37. The van der Waals surface area contributed by atoms with E-state index in [9.17, 15) is 8.42 Å². The van der Waals surface area contributed by atoms with Crippen LogP contribution in [0.4, 0.5) is 0 Å². The SMILES string of the molecule is Cc1ccc(S(=O)(=O)Oc2ccc(Sc3ccccc3)cc2)cc1. The lowest BCUT2D eigenvalue weighted by Crippen LogP contribution is -2.09. The summed E-state index contributed by atoms with van der Waals surface area (Å²) in [6.07, 6.45) is 0. The van der Waals surface area contributed by atoms with Crippen molar-refractivity contribution in [1.29, 1.82) is 0 Å². The minimum Gasteiger partial charge on any atom is -0.379 e. The average molecular weight is 356 g/mol. The van der Waals surface area contributed by atoms with Gasteiger partial charge in [-0.2, -0.15) is 8.42 Å². The van der Waals surface area contributed by atoms with E-state index < -0.39 is 10.1 Å². The summed E-state index contributed by atoms with van der Waals surface area (Å²) in [5.41, 5.74) is 0.997. The zero-order valence-electron chi connectivity index (χ0n) is 13.0. The molecule has 0 unspecified atom stereocenters. The first-order chi connectivity index (χ1) is 11.5. The Balaban J connectivity index is 1.73. The lowest BCUT2D eigenvalue weighted by molar-refractivity contribution is 0.486. The average Bonchev–Trinajstić information content (AvgIpc) is 2.58. The molecule has 3 rings (SSSR count). The van der Waals surface area contributed by atoms with Gasteiger partial charge in [0.25, 0.3) is 0 Å². The van der Waals surface area contributed by atoms with Gasteiger partial charge >= 0.3 is 10.1 Å². The third kappa shape index (κ3) is 4.19. The molecule has 3 aromatic rings. The fourth-order valence-electron chi connectivity index (χ4n) is 2.07. The Morgan fingerprint density at radius 3 is 1.96 bits per heavy atom. The Labute approximate surface area is 146 Å². The normalized spacial score (nSPS) is 11.2. The molecule has 0 bridgehead atoms. The van der Waals surface area contributed by atoms with E-state index in [0.717, 1.165) is 15.4 Å². The van der Waals surface area contributed by atoms with E-state index in [1.807, 2.05) is 49.4 Å². The van der Waals surface area contributed by atoms with E-state index >= 15 is 0 Å². The van der Waals surface area contributed by atoms with Gasteiger partial charge in [0, 0.05) is 9.79 Å². The van der Waals surface area contributed by atoms with Gasteiger partial charge in [0.15, 0.2) is 0 Å². The number of benzene rings is 3. The van der Waals surface area contributed by atoms with E-state index in [0.29, 0.717) is 5.75 Å². The zero-order chi connectivity index (χ0) is 17.0. The van der Waals surface area contributed by atoms with Gasteiger partial charge < -0.3 is 4.18 Å². The Bertz CT molecular complexity index is 901. The third-order valence-electron chi connectivity index (χ3n) is 3.32. The summed E-state index contributed by atoms with van der Waals surface area (Å²) in [5, 5.41) is 0. The van der Waals surface area contributed by atoms with Crippen molar-refractivity contribution >= 4 is 21.9 Å². The van der Waals surface area contributed by atoms with Gasteiger partial charge in [-0.15, -0.1) is 0 Å². The maximum absolute atomic E-state index is 12.3. The van der Waals surface area contributed by atoms with Gasteiger partial charge in [-0.25, -0.2) is 0 Å². The molecule has 0 saturated heterocycles. The predicted octanol–water partition coefficient (Wildman–Crippen LogP) is 4.91. The summed E-state index contributed by atoms with van der Waals surface area (Å²) < 4.78 is 29.7. The molecule has 0 N–H and O–H groups in total. The molecule has 0 aromatic heterocycles. The van der Waals surface area contributed by atoms with Crippen molar-refractivity contribution in [3.05, 3.63) is 84.4 Å². The molecule has 0 amide bonds. The van der Waals surface area contributed by atoms with Crippen molar-refractivity contribution in [3.8, 4) is 5.75 Å². The summed E-state index contributed by atoms with van der Waals surface area (Å²) in [5.74, 6) is 0.299. The Kier molecular flexibility index (Phi) is 4.92. The van der Waals surface area contributed by atoms with Gasteiger partial charge in [-0.1, -0.05) is 47.7 Å². The zero-order valence-corrected chi connectivity index (χ0v) is 14.7. The lowest BCUT2D eigenvalue weighted by atomic mass is 10.2. The standard InChI is InChI=1S/C19H16O3S2/c1-15-7-13-19(14-8-15)24(20,21)22-16-9-11-18(12-10-16)23-17-5-3-2-4-6-17/h2-14H,1H3. The highest BCUT2D eigenvalue weighted by atomic mass is 32.2. The molecule has 0 spiro atoms. The van der Waals surface area contributed by atoms with Crippen LogP contribution >= 0.6 is 11.8 Å². The van der Waals surface area contributed by atoms with E-state index in [1.54, 1.807) is 48.2 Å². The molecule has 5 heteroatoms. The van der Waals surface area contributed by atoms with Crippen molar-refractivity contribution in [1.82, 2.24) is 0 Å². The van der Waals surface area contributed by atoms with Crippen molar-refractivity contribution in [2.75, 3.05) is 0 Å². The first kappa shape index (κ1) is 16.6. The smallest absolute Gasteiger partial charge is 0.339 e. The van der Waals surface area contributed by atoms with Crippen molar-refractivity contribution < 1.29 is 12.6 Å². The molecule has 0 fully saturated rings. The van der Waals surface area contributed by atoms with Crippen LogP contribution in [0.2, 0.25) is 0 Å². The summed E-state index contributed by atoms with van der Waals surface area (Å²) in [6, 6.07) is 23.6. The van der Waals surface area contributed by atoms with Crippen LogP contribution in [-0.4, -0.2) is 8.42 Å². The number of hydrogen-bond acceptors (Lipinski definition) is 4. The maximum atomic E-state index is 12.3. The Morgan fingerprint density at radius 1 is 0.750 bits per heavy atom. The highest BCUT2D eigenvalue weighted by Gasteiger charge is 2.16. The van der Waals surface area contributed by atoms with Crippen LogP contribution in [-0.2, 0) is 10.1 Å². The van der Waals surface area contributed by atoms with Crippen molar-refractivity contribution in [2.45, 2.75) is 21.6 Å². The van der Waals surface area contributed by atoms with Crippen LogP contribution in [0, 0.1) is 6.92 Å². The second kappa shape index (κ2) is 7.11. The van der Waals surface area contributed by atoms with Gasteiger partial charge in [0.1, 0.15) is 10.6 Å². The molecule has 3 aromatic carbocycles. The monoisotopic (exact) mass is 356 g/mol. The molecule has 0 aliphatic rings. The molecular formula is C19H16O3S2. The molecule has 24 heavy (non-hydrogen) atoms. The second-order valence-electron chi connectivity index (χ2n) is 5.24. The molecule has 0 saturated carbocycles. The van der Waals surface area contributed by atoms with E-state index in [1.165, 1.54) is 0 Å². The number of rotatable bonds is 5. The Hall–Kier alpha value is -2.24. The van der Waals surface area contributed by atoms with E-state index in [2.05, 4.69) is 0 Å². The summed E-state index contributed by atoms with van der Waals surface area (Å²) in [4.78, 5) is 2.29. The maximum Gasteiger partial charge on any atom is 0.339 e. The first-order valence-corrected chi connectivity index (χ1v) is 9.59. The molecule has 0 radical (unpaired) electrons. The van der Waals surface area contributed by atoms with E-state index in [4.69, 9.17) is 4.18 Å². The fourth-order valence-corrected chi connectivity index (χ4v) is 3.84. The highest BCUT2D eigenvalue weighted by molar-refractivity contribution is 7.99.